The molecule has 0 heterocycles. The number of hydrogen-bond donors (Lipinski definition) is 1. The predicted molar refractivity (Wildman–Crippen MR) is 62.4 cm³/mol. The van der Waals surface area contributed by atoms with E-state index in [1.54, 1.807) is 0 Å². The van der Waals surface area contributed by atoms with Gasteiger partial charge in [0.15, 0.2) is 0 Å². The van der Waals surface area contributed by atoms with Crippen LogP contribution in [-0.2, 0) is 0 Å². The summed E-state index contributed by atoms with van der Waals surface area (Å²) in [5, 5.41) is 3.63. The average Bonchev–Trinajstić information content (AvgIpc) is 2.26. The van der Waals surface area contributed by atoms with Gasteiger partial charge >= 0.3 is 0 Å². The van der Waals surface area contributed by atoms with Gasteiger partial charge in [-0.15, -0.1) is 0 Å². The SMILES string of the molecule is CC[C@H](N[C@@H](C)CC)c1ccccc1. The lowest BCUT2D eigenvalue weighted by atomic mass is 10.0. The van der Waals surface area contributed by atoms with Crippen molar-refractivity contribution < 1.29 is 0 Å². The molecule has 0 spiro atoms. The van der Waals surface area contributed by atoms with Gasteiger partial charge in [-0.1, -0.05) is 44.2 Å². The lowest BCUT2D eigenvalue weighted by molar-refractivity contribution is 0.437. The van der Waals surface area contributed by atoms with Gasteiger partial charge in [-0.2, -0.15) is 0 Å². The monoisotopic (exact) mass is 191 g/mol. The van der Waals surface area contributed by atoms with Gasteiger partial charge in [-0.05, 0) is 25.3 Å². The van der Waals surface area contributed by atoms with Crippen molar-refractivity contribution in [3.05, 3.63) is 35.9 Å². The summed E-state index contributed by atoms with van der Waals surface area (Å²) in [6.45, 7) is 6.69. The maximum absolute atomic E-state index is 3.63. The summed E-state index contributed by atoms with van der Waals surface area (Å²) in [6, 6.07) is 11.8. The van der Waals surface area contributed by atoms with Crippen molar-refractivity contribution in [3.8, 4) is 0 Å². The largest absolute Gasteiger partial charge is 0.307 e. The summed E-state index contributed by atoms with van der Waals surface area (Å²) < 4.78 is 0. The highest BCUT2D eigenvalue weighted by atomic mass is 14.9. The van der Waals surface area contributed by atoms with Gasteiger partial charge in [0.1, 0.15) is 0 Å². The number of hydrogen-bond acceptors (Lipinski definition) is 1. The van der Waals surface area contributed by atoms with Crippen LogP contribution in [0.4, 0.5) is 0 Å². The van der Waals surface area contributed by atoms with Crippen molar-refractivity contribution in [2.75, 3.05) is 0 Å². The maximum Gasteiger partial charge on any atom is 0.0319 e. The number of nitrogens with one attached hydrogen (secondary N) is 1. The first kappa shape index (κ1) is 11.3. The van der Waals surface area contributed by atoms with Gasteiger partial charge in [-0.25, -0.2) is 0 Å². The fourth-order valence-electron chi connectivity index (χ4n) is 1.60. The third kappa shape index (κ3) is 3.15. The van der Waals surface area contributed by atoms with Crippen LogP contribution in [-0.4, -0.2) is 6.04 Å². The van der Waals surface area contributed by atoms with E-state index in [9.17, 15) is 0 Å². The van der Waals surface area contributed by atoms with Gasteiger partial charge in [0, 0.05) is 12.1 Å². The standard InChI is InChI=1S/C13H21N/c1-4-11(3)14-13(5-2)12-9-7-6-8-10-12/h6-11,13-14H,4-5H2,1-3H3/t11-,13-/m0/s1. The van der Waals surface area contributed by atoms with Crippen LogP contribution in [0.1, 0.15) is 45.2 Å². The van der Waals surface area contributed by atoms with Crippen molar-refractivity contribution in [2.45, 2.75) is 45.7 Å². The Labute approximate surface area is 87.5 Å². The Morgan fingerprint density at radius 1 is 1.07 bits per heavy atom. The molecule has 1 aromatic rings. The highest BCUT2D eigenvalue weighted by Gasteiger charge is 2.10. The van der Waals surface area contributed by atoms with Crippen molar-refractivity contribution in [1.82, 2.24) is 5.32 Å². The van der Waals surface area contributed by atoms with Crippen molar-refractivity contribution in [1.29, 1.82) is 0 Å². The van der Waals surface area contributed by atoms with Crippen molar-refractivity contribution in [3.63, 3.8) is 0 Å². The van der Waals surface area contributed by atoms with Crippen LogP contribution < -0.4 is 5.32 Å². The summed E-state index contributed by atoms with van der Waals surface area (Å²) >= 11 is 0. The van der Waals surface area contributed by atoms with Crippen LogP contribution in [0, 0.1) is 0 Å². The zero-order valence-corrected chi connectivity index (χ0v) is 9.46. The highest BCUT2D eigenvalue weighted by molar-refractivity contribution is 5.18. The molecule has 1 N–H and O–H groups in total. The Kier molecular flexibility index (Phi) is 4.68. The van der Waals surface area contributed by atoms with E-state index in [2.05, 4.69) is 56.4 Å². The molecule has 0 aliphatic rings. The van der Waals surface area contributed by atoms with Gasteiger partial charge < -0.3 is 5.32 Å². The summed E-state index contributed by atoms with van der Waals surface area (Å²) in [5.41, 5.74) is 1.40. The van der Waals surface area contributed by atoms with Gasteiger partial charge in [0.2, 0.25) is 0 Å². The molecule has 2 atom stereocenters. The van der Waals surface area contributed by atoms with E-state index in [1.165, 1.54) is 12.0 Å². The molecule has 0 bridgehead atoms. The number of rotatable bonds is 5. The fraction of sp³-hybridized carbons (Fsp3) is 0.538. The van der Waals surface area contributed by atoms with E-state index < -0.39 is 0 Å². The minimum atomic E-state index is 0.506. The second-order valence-electron chi connectivity index (χ2n) is 3.85. The second kappa shape index (κ2) is 5.82. The molecule has 78 valence electrons. The first-order chi connectivity index (χ1) is 6.77. The van der Waals surface area contributed by atoms with Crippen LogP contribution in [0.15, 0.2) is 30.3 Å². The van der Waals surface area contributed by atoms with E-state index in [4.69, 9.17) is 0 Å². The summed E-state index contributed by atoms with van der Waals surface area (Å²) in [4.78, 5) is 0. The van der Waals surface area contributed by atoms with Gasteiger partial charge in [0.05, 0.1) is 0 Å². The topological polar surface area (TPSA) is 12.0 Å². The Morgan fingerprint density at radius 2 is 1.71 bits per heavy atom. The molecule has 0 aromatic heterocycles. The molecule has 0 saturated carbocycles. The van der Waals surface area contributed by atoms with E-state index in [1.807, 2.05) is 0 Å². The minimum Gasteiger partial charge on any atom is -0.307 e. The molecule has 0 saturated heterocycles. The molecule has 1 heteroatoms. The fourth-order valence-corrected chi connectivity index (χ4v) is 1.60. The molecule has 0 fully saturated rings. The Morgan fingerprint density at radius 3 is 2.21 bits per heavy atom. The van der Waals surface area contributed by atoms with E-state index in [-0.39, 0.29) is 0 Å². The zero-order valence-electron chi connectivity index (χ0n) is 9.46. The second-order valence-corrected chi connectivity index (χ2v) is 3.85. The van der Waals surface area contributed by atoms with E-state index >= 15 is 0 Å². The van der Waals surface area contributed by atoms with Crippen LogP contribution in [0.25, 0.3) is 0 Å². The normalized spacial score (nSPS) is 15.1. The van der Waals surface area contributed by atoms with Crippen LogP contribution in [0.3, 0.4) is 0 Å². The molecule has 1 nitrogen and oxygen atoms in total. The molecule has 0 aliphatic carbocycles. The number of benzene rings is 1. The predicted octanol–water partition coefficient (Wildman–Crippen LogP) is 3.53. The molecule has 0 aliphatic heterocycles. The van der Waals surface area contributed by atoms with Crippen LogP contribution in [0.5, 0.6) is 0 Å². The molecule has 1 aromatic carbocycles. The van der Waals surface area contributed by atoms with Crippen molar-refractivity contribution in [2.24, 2.45) is 0 Å². The Balaban J connectivity index is 2.63. The molecule has 0 unspecified atom stereocenters. The molecule has 0 amide bonds. The quantitative estimate of drug-likeness (QED) is 0.750. The third-order valence-electron chi connectivity index (χ3n) is 2.71. The summed E-state index contributed by atoms with van der Waals surface area (Å²) in [7, 11) is 0. The zero-order chi connectivity index (χ0) is 10.4. The molecule has 0 radical (unpaired) electrons. The lowest BCUT2D eigenvalue weighted by Gasteiger charge is -2.21. The smallest absolute Gasteiger partial charge is 0.0319 e. The summed E-state index contributed by atoms with van der Waals surface area (Å²) in [5.74, 6) is 0. The first-order valence-corrected chi connectivity index (χ1v) is 5.58. The van der Waals surface area contributed by atoms with Crippen LogP contribution >= 0.6 is 0 Å². The third-order valence-corrected chi connectivity index (χ3v) is 2.71. The average molecular weight is 191 g/mol. The maximum atomic E-state index is 3.63. The molecule has 14 heavy (non-hydrogen) atoms. The Hall–Kier alpha value is -0.820. The Bertz CT molecular complexity index is 243. The van der Waals surface area contributed by atoms with E-state index in [0.717, 1.165) is 6.42 Å². The van der Waals surface area contributed by atoms with Crippen LogP contribution in [0.2, 0.25) is 0 Å². The van der Waals surface area contributed by atoms with Crippen molar-refractivity contribution >= 4 is 0 Å². The van der Waals surface area contributed by atoms with Gasteiger partial charge in [-0.3, -0.25) is 0 Å². The highest BCUT2D eigenvalue weighted by Crippen LogP contribution is 2.16. The molecule has 1 rings (SSSR count). The first-order valence-electron chi connectivity index (χ1n) is 5.58. The molecular weight excluding hydrogens is 170 g/mol. The molecular formula is C13H21N. The van der Waals surface area contributed by atoms with E-state index in [0.29, 0.717) is 12.1 Å². The lowest BCUT2D eigenvalue weighted by Crippen LogP contribution is -2.29. The minimum absolute atomic E-state index is 0.506. The van der Waals surface area contributed by atoms with Gasteiger partial charge in [0.25, 0.3) is 0 Å². The summed E-state index contributed by atoms with van der Waals surface area (Å²) in [6.07, 6.45) is 2.33.